The summed E-state index contributed by atoms with van der Waals surface area (Å²) in [6.07, 6.45) is -3.97. The first-order chi connectivity index (χ1) is 14.4. The van der Waals surface area contributed by atoms with Crippen LogP contribution in [0.1, 0.15) is 5.56 Å². The largest absolute Gasteiger partial charge is 0.573 e. The zero-order chi connectivity index (χ0) is 21.4. The number of nitrogens with one attached hydrogen (secondary N) is 2. The standard InChI is InChI=1S/C19H17F3N4O2S2/c20-19(21,22)28-15-8-6-14(7-9-15)24-17-25-26-18(30-17)29-12-16(27)23-11-10-13-4-2-1-3-5-13/h1-9H,10-12H2,(H,23,27)(H,24,25). The summed E-state index contributed by atoms with van der Waals surface area (Å²) in [6.45, 7) is 0.556. The molecule has 1 aromatic heterocycles. The Labute approximate surface area is 178 Å². The fourth-order valence-corrected chi connectivity index (χ4v) is 3.95. The maximum Gasteiger partial charge on any atom is 0.573 e. The van der Waals surface area contributed by atoms with Crippen molar-refractivity contribution < 1.29 is 22.7 Å². The number of aromatic nitrogens is 2. The van der Waals surface area contributed by atoms with E-state index in [-0.39, 0.29) is 17.4 Å². The van der Waals surface area contributed by atoms with Crippen LogP contribution in [0.15, 0.2) is 58.9 Å². The van der Waals surface area contributed by atoms with Gasteiger partial charge in [-0.25, -0.2) is 0 Å². The number of hydrogen-bond donors (Lipinski definition) is 2. The third-order valence-corrected chi connectivity index (χ3v) is 5.62. The van der Waals surface area contributed by atoms with Crippen molar-refractivity contribution in [2.75, 3.05) is 17.6 Å². The number of carbonyl (C=O) groups excluding carboxylic acids is 1. The Morgan fingerprint density at radius 3 is 2.50 bits per heavy atom. The number of anilines is 2. The molecule has 0 radical (unpaired) electrons. The van der Waals surface area contributed by atoms with Gasteiger partial charge in [-0.15, -0.1) is 23.4 Å². The zero-order valence-electron chi connectivity index (χ0n) is 15.5. The van der Waals surface area contributed by atoms with Gasteiger partial charge in [0, 0.05) is 12.2 Å². The summed E-state index contributed by atoms with van der Waals surface area (Å²) in [5.41, 5.74) is 1.69. The van der Waals surface area contributed by atoms with Gasteiger partial charge in [0.05, 0.1) is 5.75 Å². The van der Waals surface area contributed by atoms with E-state index in [0.717, 1.165) is 12.0 Å². The number of ether oxygens (including phenoxy) is 1. The first-order valence-electron chi connectivity index (χ1n) is 8.77. The molecule has 0 unspecified atom stereocenters. The highest BCUT2D eigenvalue weighted by Crippen LogP contribution is 2.29. The molecule has 1 heterocycles. The van der Waals surface area contributed by atoms with Crippen molar-refractivity contribution in [3.05, 3.63) is 60.2 Å². The molecule has 2 N–H and O–H groups in total. The highest BCUT2D eigenvalue weighted by molar-refractivity contribution is 8.01. The molecule has 0 aliphatic heterocycles. The third-order valence-electron chi connectivity index (χ3n) is 3.65. The minimum absolute atomic E-state index is 0.0964. The molecule has 158 valence electrons. The Balaban J connectivity index is 1.41. The van der Waals surface area contributed by atoms with E-state index >= 15 is 0 Å². The number of halogens is 3. The number of hydrogen-bond acceptors (Lipinski definition) is 7. The Morgan fingerprint density at radius 2 is 1.80 bits per heavy atom. The second-order valence-corrected chi connectivity index (χ2v) is 8.14. The van der Waals surface area contributed by atoms with E-state index < -0.39 is 6.36 Å². The fourth-order valence-electron chi connectivity index (χ4n) is 2.35. The van der Waals surface area contributed by atoms with Gasteiger partial charge in [0.15, 0.2) is 4.34 Å². The third kappa shape index (κ3) is 7.56. The maximum atomic E-state index is 12.2. The summed E-state index contributed by atoms with van der Waals surface area (Å²) in [4.78, 5) is 12.0. The molecule has 2 aromatic carbocycles. The van der Waals surface area contributed by atoms with Crippen molar-refractivity contribution in [2.45, 2.75) is 17.1 Å². The smallest absolute Gasteiger partial charge is 0.406 e. The topological polar surface area (TPSA) is 76.1 Å². The lowest BCUT2D eigenvalue weighted by molar-refractivity contribution is -0.274. The molecule has 0 fully saturated rings. The molecule has 0 saturated heterocycles. The summed E-state index contributed by atoms with van der Waals surface area (Å²) >= 11 is 2.51. The number of amides is 1. The highest BCUT2D eigenvalue weighted by Gasteiger charge is 2.30. The van der Waals surface area contributed by atoms with Crippen LogP contribution in [0, 0.1) is 0 Å². The molecule has 0 bridgehead atoms. The van der Waals surface area contributed by atoms with Gasteiger partial charge < -0.3 is 15.4 Å². The van der Waals surface area contributed by atoms with Crippen LogP contribution in [0.25, 0.3) is 0 Å². The summed E-state index contributed by atoms with van der Waals surface area (Å²) < 4.78 is 41.0. The SMILES string of the molecule is O=C(CSc1nnc(Nc2ccc(OC(F)(F)F)cc2)s1)NCCc1ccccc1. The minimum atomic E-state index is -4.73. The minimum Gasteiger partial charge on any atom is -0.406 e. The second-order valence-electron chi connectivity index (χ2n) is 5.94. The number of alkyl halides is 3. The molecule has 0 atom stereocenters. The van der Waals surface area contributed by atoms with Gasteiger partial charge in [-0.2, -0.15) is 0 Å². The van der Waals surface area contributed by atoms with E-state index in [0.29, 0.717) is 21.7 Å². The van der Waals surface area contributed by atoms with Gasteiger partial charge in [-0.3, -0.25) is 4.79 Å². The molecular formula is C19H17F3N4O2S2. The molecule has 11 heteroatoms. The fraction of sp³-hybridized carbons (Fsp3) is 0.211. The van der Waals surface area contributed by atoms with Crippen LogP contribution in [0.3, 0.4) is 0 Å². The monoisotopic (exact) mass is 454 g/mol. The summed E-state index contributed by atoms with van der Waals surface area (Å²) in [7, 11) is 0. The Morgan fingerprint density at radius 1 is 1.07 bits per heavy atom. The van der Waals surface area contributed by atoms with Crippen molar-refractivity contribution in [1.82, 2.24) is 15.5 Å². The van der Waals surface area contributed by atoms with Gasteiger partial charge in [0.2, 0.25) is 11.0 Å². The van der Waals surface area contributed by atoms with Crippen LogP contribution in [0.5, 0.6) is 5.75 Å². The lowest BCUT2D eigenvalue weighted by atomic mass is 10.1. The van der Waals surface area contributed by atoms with E-state index in [1.165, 1.54) is 47.4 Å². The van der Waals surface area contributed by atoms with Crippen molar-refractivity contribution >= 4 is 39.8 Å². The van der Waals surface area contributed by atoms with Gasteiger partial charge >= 0.3 is 6.36 Å². The van der Waals surface area contributed by atoms with Gasteiger partial charge in [0.25, 0.3) is 0 Å². The Hall–Kier alpha value is -2.79. The first kappa shape index (κ1) is 21.9. The quantitative estimate of drug-likeness (QED) is 0.459. The normalized spacial score (nSPS) is 11.2. The Bertz CT molecular complexity index is 950. The van der Waals surface area contributed by atoms with Crippen LogP contribution in [0.2, 0.25) is 0 Å². The molecule has 0 saturated carbocycles. The van der Waals surface area contributed by atoms with E-state index in [4.69, 9.17) is 0 Å². The van der Waals surface area contributed by atoms with Crippen LogP contribution in [-0.2, 0) is 11.2 Å². The number of rotatable bonds is 9. The predicted molar refractivity (Wildman–Crippen MR) is 110 cm³/mol. The molecule has 30 heavy (non-hydrogen) atoms. The van der Waals surface area contributed by atoms with E-state index in [2.05, 4.69) is 25.6 Å². The molecule has 0 spiro atoms. The number of nitrogens with zero attached hydrogens (tertiary/aromatic N) is 2. The first-order valence-corrected chi connectivity index (χ1v) is 10.6. The van der Waals surface area contributed by atoms with Crippen molar-refractivity contribution in [2.24, 2.45) is 0 Å². The Kier molecular flexibility index (Phi) is 7.52. The molecule has 3 aromatic rings. The van der Waals surface area contributed by atoms with Crippen LogP contribution in [-0.4, -0.2) is 34.8 Å². The lowest BCUT2D eigenvalue weighted by Crippen LogP contribution is -2.27. The van der Waals surface area contributed by atoms with E-state index in [9.17, 15) is 18.0 Å². The van der Waals surface area contributed by atoms with Gasteiger partial charge in [-0.1, -0.05) is 53.4 Å². The maximum absolute atomic E-state index is 12.2. The number of thioether (sulfide) groups is 1. The van der Waals surface area contributed by atoms with E-state index in [1.807, 2.05) is 30.3 Å². The number of benzene rings is 2. The molecule has 0 aliphatic carbocycles. The second kappa shape index (κ2) is 10.3. The van der Waals surface area contributed by atoms with Gasteiger partial charge in [-0.05, 0) is 36.2 Å². The summed E-state index contributed by atoms with van der Waals surface area (Å²) in [5, 5.41) is 14.2. The molecule has 1 amide bonds. The summed E-state index contributed by atoms with van der Waals surface area (Å²) in [6, 6.07) is 15.2. The van der Waals surface area contributed by atoms with Crippen LogP contribution < -0.4 is 15.4 Å². The molecule has 3 rings (SSSR count). The average Bonchev–Trinajstić information content (AvgIpc) is 3.15. The summed E-state index contributed by atoms with van der Waals surface area (Å²) in [5.74, 6) is -0.187. The van der Waals surface area contributed by atoms with Gasteiger partial charge in [0.1, 0.15) is 5.75 Å². The van der Waals surface area contributed by atoms with Crippen LogP contribution >= 0.6 is 23.1 Å². The molecular weight excluding hydrogens is 437 g/mol. The van der Waals surface area contributed by atoms with Crippen molar-refractivity contribution in [1.29, 1.82) is 0 Å². The van der Waals surface area contributed by atoms with E-state index in [1.54, 1.807) is 0 Å². The molecule has 6 nitrogen and oxygen atoms in total. The van der Waals surface area contributed by atoms with Crippen molar-refractivity contribution in [3.8, 4) is 5.75 Å². The highest BCUT2D eigenvalue weighted by atomic mass is 32.2. The van der Waals surface area contributed by atoms with Crippen molar-refractivity contribution in [3.63, 3.8) is 0 Å². The zero-order valence-corrected chi connectivity index (χ0v) is 17.1. The lowest BCUT2D eigenvalue weighted by Gasteiger charge is -2.09. The predicted octanol–water partition coefficient (Wildman–Crippen LogP) is 4.63. The number of carbonyl (C=O) groups is 1. The average molecular weight is 454 g/mol. The van der Waals surface area contributed by atoms with Crippen LogP contribution in [0.4, 0.5) is 24.0 Å². The molecule has 0 aliphatic rings.